The van der Waals surface area contributed by atoms with Gasteiger partial charge in [-0.05, 0) is 43.1 Å². The van der Waals surface area contributed by atoms with Gasteiger partial charge in [0.2, 0.25) is 0 Å². The smallest absolute Gasteiger partial charge is 0.0838 e. The lowest BCUT2D eigenvalue weighted by atomic mass is 10.1. The summed E-state index contributed by atoms with van der Waals surface area (Å²) in [6, 6.07) is 14.3. The molecular weight excluding hydrogens is 411 g/mol. The quantitative estimate of drug-likeness (QED) is 0.480. The molecule has 0 amide bonds. The van der Waals surface area contributed by atoms with Crippen molar-refractivity contribution in [2.24, 2.45) is 7.05 Å². The molecule has 0 aliphatic carbocycles. The molecule has 0 bridgehead atoms. The Bertz CT molecular complexity index is 946. The number of hydrogen-bond donors (Lipinski definition) is 0. The Hall–Kier alpha value is -1.17. The number of nitrogens with zero attached hydrogens (tertiary/aromatic N) is 2. The van der Waals surface area contributed by atoms with E-state index in [9.17, 15) is 0 Å². The van der Waals surface area contributed by atoms with Gasteiger partial charge in [0.05, 0.1) is 33.2 Å². The predicted molar refractivity (Wildman–Crippen MR) is 119 cm³/mol. The number of aromatic nitrogens is 1. The minimum absolute atomic E-state index is 0.696. The fourth-order valence-electron chi connectivity index (χ4n) is 3.80. The largest absolute Gasteiger partial charge is 0.379 e. The highest BCUT2D eigenvalue weighted by atomic mass is 35.5. The molecule has 2 heterocycles. The van der Waals surface area contributed by atoms with Crippen molar-refractivity contribution >= 4 is 45.9 Å². The highest BCUT2D eigenvalue weighted by Gasteiger charge is 2.19. The number of aryl methyl sites for hydroxylation is 2. The topological polar surface area (TPSA) is 17.4 Å². The standard InChI is InChI=1S/C22H24Cl2N2OS/c1-25-20-10-3-2-6-16(20)17(7-5-11-26-12-14-27-15-13-26)22(25)28-21-18(23)8-4-9-19(21)24/h2-4,6,8-10H,5,7,11-15H2,1H3. The van der Waals surface area contributed by atoms with Gasteiger partial charge in [-0.2, -0.15) is 0 Å². The van der Waals surface area contributed by atoms with Crippen LogP contribution in [0.5, 0.6) is 0 Å². The van der Waals surface area contributed by atoms with Crippen LogP contribution in [0.25, 0.3) is 10.9 Å². The van der Waals surface area contributed by atoms with Crippen LogP contribution in [0.3, 0.4) is 0 Å². The highest BCUT2D eigenvalue weighted by Crippen LogP contribution is 2.42. The molecule has 6 heteroatoms. The molecule has 0 N–H and O–H groups in total. The van der Waals surface area contributed by atoms with Crippen molar-refractivity contribution in [1.82, 2.24) is 9.47 Å². The maximum absolute atomic E-state index is 6.46. The van der Waals surface area contributed by atoms with Crippen LogP contribution in [-0.2, 0) is 18.2 Å². The number of halogens is 2. The zero-order valence-corrected chi connectivity index (χ0v) is 18.3. The van der Waals surface area contributed by atoms with E-state index in [4.69, 9.17) is 27.9 Å². The number of rotatable bonds is 6. The Labute approximate surface area is 180 Å². The third-order valence-corrected chi connectivity index (χ3v) is 7.49. The number of fused-ring (bicyclic) bond motifs is 1. The number of hydrogen-bond acceptors (Lipinski definition) is 3. The van der Waals surface area contributed by atoms with Crippen molar-refractivity contribution in [3.8, 4) is 0 Å². The maximum Gasteiger partial charge on any atom is 0.0838 e. The minimum Gasteiger partial charge on any atom is -0.379 e. The third kappa shape index (κ3) is 4.22. The lowest BCUT2D eigenvalue weighted by Gasteiger charge is -2.26. The fourth-order valence-corrected chi connectivity index (χ4v) is 5.52. The molecule has 0 unspecified atom stereocenters. The normalized spacial score (nSPS) is 15.4. The van der Waals surface area contributed by atoms with E-state index in [0.717, 1.165) is 50.6 Å². The molecule has 0 spiro atoms. The Morgan fingerprint density at radius 3 is 2.46 bits per heavy atom. The van der Waals surface area contributed by atoms with Gasteiger partial charge >= 0.3 is 0 Å². The first-order valence-electron chi connectivity index (χ1n) is 9.63. The van der Waals surface area contributed by atoms with Crippen molar-refractivity contribution in [1.29, 1.82) is 0 Å². The number of morpholine rings is 1. The first-order valence-corrected chi connectivity index (χ1v) is 11.2. The molecule has 148 valence electrons. The van der Waals surface area contributed by atoms with E-state index in [1.807, 2.05) is 18.2 Å². The minimum atomic E-state index is 0.696. The molecule has 0 atom stereocenters. The van der Waals surface area contributed by atoms with Crippen molar-refractivity contribution in [2.45, 2.75) is 22.8 Å². The summed E-state index contributed by atoms with van der Waals surface area (Å²) in [6.45, 7) is 4.86. The molecule has 4 rings (SSSR count). The van der Waals surface area contributed by atoms with Crippen LogP contribution in [0.1, 0.15) is 12.0 Å². The lowest BCUT2D eigenvalue weighted by Crippen LogP contribution is -2.36. The van der Waals surface area contributed by atoms with Crippen LogP contribution >= 0.6 is 35.0 Å². The third-order valence-electron chi connectivity index (χ3n) is 5.28. The van der Waals surface area contributed by atoms with Gasteiger partial charge in [0.25, 0.3) is 0 Å². The van der Waals surface area contributed by atoms with Crippen LogP contribution in [-0.4, -0.2) is 42.3 Å². The van der Waals surface area contributed by atoms with E-state index in [1.165, 1.54) is 21.5 Å². The first kappa shape index (κ1) is 20.1. The lowest BCUT2D eigenvalue weighted by molar-refractivity contribution is 0.0374. The van der Waals surface area contributed by atoms with E-state index < -0.39 is 0 Å². The van der Waals surface area contributed by atoms with Crippen LogP contribution in [0.4, 0.5) is 0 Å². The fraction of sp³-hybridized carbons (Fsp3) is 0.364. The summed E-state index contributed by atoms with van der Waals surface area (Å²) in [7, 11) is 2.13. The average Bonchev–Trinajstić information content (AvgIpc) is 2.98. The van der Waals surface area contributed by atoms with Gasteiger partial charge in [-0.25, -0.2) is 0 Å². The Morgan fingerprint density at radius 1 is 1.00 bits per heavy atom. The van der Waals surface area contributed by atoms with E-state index in [2.05, 4.69) is 40.8 Å². The second-order valence-electron chi connectivity index (χ2n) is 7.07. The molecule has 1 aliphatic heterocycles. The molecule has 3 aromatic rings. The molecular formula is C22H24Cl2N2OS. The van der Waals surface area contributed by atoms with Crippen molar-refractivity contribution in [2.75, 3.05) is 32.8 Å². The van der Waals surface area contributed by atoms with Gasteiger partial charge in [-0.3, -0.25) is 4.90 Å². The van der Waals surface area contributed by atoms with Gasteiger partial charge in [0.1, 0.15) is 0 Å². The van der Waals surface area contributed by atoms with E-state index in [1.54, 1.807) is 11.8 Å². The monoisotopic (exact) mass is 434 g/mol. The Balaban J connectivity index is 1.63. The Kier molecular flexibility index (Phi) is 6.54. The molecule has 1 fully saturated rings. The summed E-state index contributed by atoms with van der Waals surface area (Å²) >= 11 is 14.6. The van der Waals surface area contributed by atoms with Gasteiger partial charge < -0.3 is 9.30 Å². The van der Waals surface area contributed by atoms with E-state index >= 15 is 0 Å². The van der Waals surface area contributed by atoms with Crippen LogP contribution in [0, 0.1) is 0 Å². The summed E-state index contributed by atoms with van der Waals surface area (Å²) in [5.74, 6) is 0. The zero-order chi connectivity index (χ0) is 19.5. The van der Waals surface area contributed by atoms with Crippen molar-refractivity contribution < 1.29 is 4.74 Å². The molecule has 1 aromatic heterocycles. The van der Waals surface area contributed by atoms with Crippen LogP contribution in [0.15, 0.2) is 52.4 Å². The Morgan fingerprint density at radius 2 is 1.71 bits per heavy atom. The molecule has 2 aromatic carbocycles. The van der Waals surface area contributed by atoms with Crippen molar-refractivity contribution in [3.63, 3.8) is 0 Å². The maximum atomic E-state index is 6.46. The van der Waals surface area contributed by atoms with Crippen LogP contribution in [0.2, 0.25) is 10.0 Å². The number of para-hydroxylation sites is 1. The summed E-state index contributed by atoms with van der Waals surface area (Å²) < 4.78 is 7.73. The molecule has 0 radical (unpaired) electrons. The van der Waals surface area contributed by atoms with E-state index in [-0.39, 0.29) is 0 Å². The predicted octanol–water partition coefficient (Wildman–Crippen LogP) is 5.90. The molecule has 0 saturated carbocycles. The van der Waals surface area contributed by atoms with Crippen molar-refractivity contribution in [3.05, 3.63) is 58.1 Å². The molecule has 3 nitrogen and oxygen atoms in total. The average molecular weight is 435 g/mol. The first-order chi connectivity index (χ1) is 13.6. The van der Waals surface area contributed by atoms with Gasteiger partial charge in [-0.1, -0.05) is 59.2 Å². The second-order valence-corrected chi connectivity index (χ2v) is 8.88. The number of ether oxygens (including phenoxy) is 1. The summed E-state index contributed by atoms with van der Waals surface area (Å²) in [4.78, 5) is 3.41. The van der Waals surface area contributed by atoms with Crippen LogP contribution < -0.4 is 0 Å². The number of benzene rings is 2. The summed E-state index contributed by atoms with van der Waals surface area (Å²) in [5.41, 5.74) is 2.63. The molecule has 28 heavy (non-hydrogen) atoms. The summed E-state index contributed by atoms with van der Waals surface area (Å²) in [6.07, 6.45) is 2.15. The SMILES string of the molecule is Cn1c(Sc2c(Cl)cccc2Cl)c(CCCN2CCOCC2)c2ccccc21. The van der Waals surface area contributed by atoms with Gasteiger partial charge in [0.15, 0.2) is 0 Å². The van der Waals surface area contributed by atoms with E-state index in [0.29, 0.717) is 10.0 Å². The summed E-state index contributed by atoms with van der Waals surface area (Å²) in [5, 5.41) is 3.93. The zero-order valence-electron chi connectivity index (χ0n) is 16.0. The molecule has 1 saturated heterocycles. The molecule has 1 aliphatic rings. The second kappa shape index (κ2) is 9.10. The van der Waals surface area contributed by atoms with Gasteiger partial charge in [0, 0.05) is 31.0 Å². The van der Waals surface area contributed by atoms with Gasteiger partial charge in [-0.15, -0.1) is 0 Å². The highest BCUT2D eigenvalue weighted by molar-refractivity contribution is 7.99.